The highest BCUT2D eigenvalue weighted by Crippen LogP contribution is 2.49. The Bertz CT molecular complexity index is 1050. The average molecular weight is 417 g/mol. The Morgan fingerprint density at radius 2 is 0.926 bits per heavy atom. The van der Waals surface area contributed by atoms with Gasteiger partial charge in [0.25, 0.3) is 0 Å². The first-order chi connectivity index (χ1) is 13.3. The molecule has 4 aromatic rings. The molecule has 0 radical (unpaired) electrons. The van der Waals surface area contributed by atoms with Crippen LogP contribution in [0, 0.1) is 0 Å². The van der Waals surface area contributed by atoms with Gasteiger partial charge < -0.3 is 0 Å². The molecule has 0 unspecified atom stereocenters. The molecule has 5 rings (SSSR count). The van der Waals surface area contributed by atoms with Crippen LogP contribution in [0.5, 0.6) is 0 Å². The molecule has 0 aliphatic heterocycles. The predicted molar refractivity (Wildman–Crippen MR) is 124 cm³/mol. The molecular formula is C26H25Br. The van der Waals surface area contributed by atoms with E-state index in [2.05, 4.69) is 94.8 Å². The lowest BCUT2D eigenvalue weighted by Crippen LogP contribution is -1.84. The second kappa shape index (κ2) is 8.54. The van der Waals surface area contributed by atoms with Crippen molar-refractivity contribution in [3.63, 3.8) is 0 Å². The van der Waals surface area contributed by atoms with Gasteiger partial charge in [-0.1, -0.05) is 116 Å². The first-order valence-corrected chi connectivity index (χ1v) is 10.5. The van der Waals surface area contributed by atoms with E-state index >= 15 is 0 Å². The fourth-order valence-corrected chi connectivity index (χ4v) is 4.22. The van der Waals surface area contributed by atoms with E-state index in [1.807, 2.05) is 27.7 Å². The highest BCUT2D eigenvalue weighted by atomic mass is 79.9. The Kier molecular flexibility index (Phi) is 6.13. The zero-order chi connectivity index (χ0) is 19.4. The lowest BCUT2D eigenvalue weighted by molar-refractivity contribution is 1.50. The fraction of sp³-hybridized carbons (Fsp3) is 0.154. The summed E-state index contributed by atoms with van der Waals surface area (Å²) in [5, 5.41) is 2.70. The van der Waals surface area contributed by atoms with Crippen LogP contribution in [0.2, 0.25) is 0 Å². The molecular weight excluding hydrogens is 392 g/mol. The summed E-state index contributed by atoms with van der Waals surface area (Å²) in [5.41, 5.74) is 7.91. The third kappa shape index (κ3) is 3.21. The zero-order valence-electron chi connectivity index (χ0n) is 16.4. The van der Waals surface area contributed by atoms with Gasteiger partial charge in [-0.2, -0.15) is 0 Å². The summed E-state index contributed by atoms with van der Waals surface area (Å²) in [6.45, 7) is 8.00. The molecule has 0 nitrogen and oxygen atoms in total. The van der Waals surface area contributed by atoms with Gasteiger partial charge in [-0.25, -0.2) is 0 Å². The molecule has 0 saturated carbocycles. The minimum absolute atomic E-state index is 1.14. The SMILES string of the molecule is Brc1ccccc1-c1ccc2c3c(cccc13)-c1ccccc1-2.CC.CC. The second-order valence-corrected chi connectivity index (χ2v) is 6.77. The van der Waals surface area contributed by atoms with Crippen molar-refractivity contribution in [1.82, 2.24) is 0 Å². The van der Waals surface area contributed by atoms with Crippen molar-refractivity contribution in [2.45, 2.75) is 27.7 Å². The monoisotopic (exact) mass is 416 g/mol. The van der Waals surface area contributed by atoms with Crippen molar-refractivity contribution in [1.29, 1.82) is 0 Å². The van der Waals surface area contributed by atoms with Gasteiger partial charge in [0, 0.05) is 4.47 Å². The van der Waals surface area contributed by atoms with Gasteiger partial charge in [-0.05, 0) is 50.2 Å². The van der Waals surface area contributed by atoms with Gasteiger partial charge in [0.2, 0.25) is 0 Å². The van der Waals surface area contributed by atoms with Crippen molar-refractivity contribution in [2.75, 3.05) is 0 Å². The Morgan fingerprint density at radius 1 is 0.444 bits per heavy atom. The van der Waals surface area contributed by atoms with E-state index in [0.717, 1.165) is 4.47 Å². The molecule has 0 N–H and O–H groups in total. The minimum atomic E-state index is 1.14. The maximum atomic E-state index is 3.70. The number of hydrogen-bond acceptors (Lipinski definition) is 0. The van der Waals surface area contributed by atoms with Gasteiger partial charge in [0.15, 0.2) is 0 Å². The molecule has 0 saturated heterocycles. The molecule has 136 valence electrons. The highest BCUT2D eigenvalue weighted by Gasteiger charge is 2.22. The summed E-state index contributed by atoms with van der Waals surface area (Å²) < 4.78 is 1.14. The molecule has 1 aliphatic rings. The summed E-state index contributed by atoms with van der Waals surface area (Å²) >= 11 is 3.70. The van der Waals surface area contributed by atoms with Crippen molar-refractivity contribution in [3.8, 4) is 33.4 Å². The molecule has 4 aromatic carbocycles. The van der Waals surface area contributed by atoms with E-state index in [-0.39, 0.29) is 0 Å². The fourth-order valence-electron chi connectivity index (χ4n) is 3.72. The first-order valence-electron chi connectivity index (χ1n) is 9.75. The molecule has 0 bridgehead atoms. The van der Waals surface area contributed by atoms with Gasteiger partial charge in [0.1, 0.15) is 0 Å². The average Bonchev–Trinajstić information content (AvgIpc) is 3.08. The van der Waals surface area contributed by atoms with Crippen LogP contribution in [-0.4, -0.2) is 0 Å². The van der Waals surface area contributed by atoms with Crippen LogP contribution in [0.15, 0.2) is 83.3 Å². The molecule has 0 amide bonds. The normalized spacial score (nSPS) is 10.4. The lowest BCUT2D eigenvalue weighted by Gasteiger charge is -2.11. The van der Waals surface area contributed by atoms with E-state index in [1.165, 1.54) is 44.2 Å². The number of rotatable bonds is 1. The maximum Gasteiger partial charge on any atom is 0.0253 e. The predicted octanol–water partition coefficient (Wildman–Crippen LogP) is 8.97. The number of hydrogen-bond donors (Lipinski definition) is 0. The van der Waals surface area contributed by atoms with E-state index < -0.39 is 0 Å². The Balaban J connectivity index is 0.000000495. The van der Waals surface area contributed by atoms with Crippen molar-refractivity contribution >= 4 is 26.7 Å². The van der Waals surface area contributed by atoms with Crippen LogP contribution < -0.4 is 0 Å². The van der Waals surface area contributed by atoms with E-state index in [4.69, 9.17) is 0 Å². The lowest BCUT2D eigenvalue weighted by atomic mass is 9.94. The molecule has 1 aliphatic carbocycles. The smallest absolute Gasteiger partial charge is 0.0253 e. The summed E-state index contributed by atoms with van der Waals surface area (Å²) in [7, 11) is 0. The summed E-state index contributed by atoms with van der Waals surface area (Å²) in [4.78, 5) is 0. The van der Waals surface area contributed by atoms with Gasteiger partial charge in [0.05, 0.1) is 0 Å². The molecule has 27 heavy (non-hydrogen) atoms. The minimum Gasteiger partial charge on any atom is -0.0683 e. The van der Waals surface area contributed by atoms with Gasteiger partial charge in [-0.15, -0.1) is 0 Å². The Morgan fingerprint density at radius 3 is 1.56 bits per heavy atom. The number of halogens is 1. The van der Waals surface area contributed by atoms with Crippen LogP contribution in [0.25, 0.3) is 44.2 Å². The van der Waals surface area contributed by atoms with Crippen molar-refractivity contribution in [2.24, 2.45) is 0 Å². The van der Waals surface area contributed by atoms with Crippen LogP contribution in [0.1, 0.15) is 27.7 Å². The topological polar surface area (TPSA) is 0 Å². The molecule has 0 spiro atoms. The largest absolute Gasteiger partial charge is 0.0683 e. The van der Waals surface area contributed by atoms with Crippen molar-refractivity contribution < 1.29 is 0 Å². The van der Waals surface area contributed by atoms with Crippen LogP contribution >= 0.6 is 15.9 Å². The second-order valence-electron chi connectivity index (χ2n) is 5.91. The third-order valence-electron chi connectivity index (χ3n) is 4.71. The molecule has 0 atom stereocenters. The Labute approximate surface area is 171 Å². The van der Waals surface area contributed by atoms with E-state index in [0.29, 0.717) is 0 Å². The first kappa shape index (κ1) is 19.4. The van der Waals surface area contributed by atoms with Crippen molar-refractivity contribution in [3.05, 3.63) is 83.3 Å². The maximum absolute atomic E-state index is 3.70. The summed E-state index contributed by atoms with van der Waals surface area (Å²) in [6, 6.07) is 28.3. The summed E-state index contributed by atoms with van der Waals surface area (Å²) in [6.07, 6.45) is 0. The van der Waals surface area contributed by atoms with E-state index in [9.17, 15) is 0 Å². The zero-order valence-corrected chi connectivity index (χ0v) is 18.0. The van der Waals surface area contributed by atoms with Gasteiger partial charge >= 0.3 is 0 Å². The van der Waals surface area contributed by atoms with E-state index in [1.54, 1.807) is 0 Å². The van der Waals surface area contributed by atoms with Gasteiger partial charge in [-0.3, -0.25) is 0 Å². The molecule has 0 heterocycles. The number of fused-ring (bicyclic) bond motifs is 3. The van der Waals surface area contributed by atoms with Crippen LogP contribution in [0.4, 0.5) is 0 Å². The molecule has 0 fully saturated rings. The van der Waals surface area contributed by atoms with Crippen LogP contribution in [0.3, 0.4) is 0 Å². The number of benzene rings is 4. The summed E-state index contributed by atoms with van der Waals surface area (Å²) in [5.74, 6) is 0. The van der Waals surface area contributed by atoms with Crippen LogP contribution in [-0.2, 0) is 0 Å². The Hall–Kier alpha value is -2.38. The quantitative estimate of drug-likeness (QED) is 0.255. The molecule has 0 aromatic heterocycles. The third-order valence-corrected chi connectivity index (χ3v) is 5.40. The standard InChI is InChI=1S/C22H13Br.2C2H6/c23-21-11-4-3-8-17(21)16-12-13-20-15-7-2-1-6-14(15)18-9-5-10-19(16)22(18)20;2*1-2/h1-13H;2*1-2H3. The highest BCUT2D eigenvalue weighted by molar-refractivity contribution is 9.10. The molecule has 1 heteroatoms.